The highest BCUT2D eigenvalue weighted by atomic mass is 16.1. The Labute approximate surface area is 87.4 Å². The standard InChI is InChI=1S/C11H24N2O/c1-2-3-4-5-6-9-13-10-7-8-11(12)14/h13H,2-10H2,1H3,(H2,12,14). The fourth-order valence-corrected chi connectivity index (χ4v) is 1.37. The van der Waals surface area contributed by atoms with Crippen LogP contribution in [-0.2, 0) is 4.79 Å². The van der Waals surface area contributed by atoms with Crippen molar-refractivity contribution < 1.29 is 4.79 Å². The second-order valence-corrected chi connectivity index (χ2v) is 3.73. The van der Waals surface area contributed by atoms with Gasteiger partial charge in [0.2, 0.25) is 5.91 Å². The largest absolute Gasteiger partial charge is 0.370 e. The molecule has 0 saturated carbocycles. The maximum atomic E-state index is 10.4. The molecular formula is C11H24N2O. The topological polar surface area (TPSA) is 55.1 Å². The van der Waals surface area contributed by atoms with Gasteiger partial charge in [-0.05, 0) is 25.9 Å². The zero-order valence-electron chi connectivity index (χ0n) is 9.35. The van der Waals surface area contributed by atoms with Crippen molar-refractivity contribution in [2.45, 2.75) is 51.9 Å². The molecule has 0 unspecified atom stereocenters. The van der Waals surface area contributed by atoms with Crippen LogP contribution in [0, 0.1) is 0 Å². The molecule has 0 aliphatic rings. The van der Waals surface area contributed by atoms with Crippen LogP contribution in [0.25, 0.3) is 0 Å². The summed E-state index contributed by atoms with van der Waals surface area (Å²) in [6, 6.07) is 0. The van der Waals surface area contributed by atoms with Crippen molar-refractivity contribution in [3.63, 3.8) is 0 Å². The normalized spacial score (nSPS) is 10.4. The Morgan fingerprint density at radius 2 is 1.71 bits per heavy atom. The lowest BCUT2D eigenvalue weighted by atomic mass is 10.1. The summed E-state index contributed by atoms with van der Waals surface area (Å²) in [6.07, 6.45) is 7.92. The first kappa shape index (κ1) is 13.4. The number of hydrogen-bond donors (Lipinski definition) is 2. The summed E-state index contributed by atoms with van der Waals surface area (Å²) < 4.78 is 0. The van der Waals surface area contributed by atoms with Gasteiger partial charge in [-0.1, -0.05) is 32.6 Å². The summed E-state index contributed by atoms with van der Waals surface area (Å²) in [5, 5.41) is 3.31. The van der Waals surface area contributed by atoms with Crippen LogP contribution in [-0.4, -0.2) is 19.0 Å². The Balaban J connectivity index is 2.88. The maximum Gasteiger partial charge on any atom is 0.217 e. The van der Waals surface area contributed by atoms with E-state index in [9.17, 15) is 4.79 Å². The van der Waals surface area contributed by atoms with E-state index in [0.29, 0.717) is 6.42 Å². The van der Waals surface area contributed by atoms with Gasteiger partial charge in [-0.3, -0.25) is 4.79 Å². The van der Waals surface area contributed by atoms with Crippen LogP contribution in [0.4, 0.5) is 0 Å². The monoisotopic (exact) mass is 200 g/mol. The molecule has 0 fully saturated rings. The highest BCUT2D eigenvalue weighted by molar-refractivity contribution is 5.73. The molecule has 14 heavy (non-hydrogen) atoms. The summed E-state index contributed by atoms with van der Waals surface area (Å²) in [5.41, 5.74) is 5.02. The molecule has 0 spiro atoms. The average Bonchev–Trinajstić information content (AvgIpc) is 2.15. The molecule has 84 valence electrons. The zero-order valence-corrected chi connectivity index (χ0v) is 9.35. The molecular weight excluding hydrogens is 176 g/mol. The molecule has 0 rings (SSSR count). The van der Waals surface area contributed by atoms with E-state index in [1.807, 2.05) is 0 Å². The number of hydrogen-bond acceptors (Lipinski definition) is 2. The second kappa shape index (κ2) is 10.5. The Kier molecular flexibility index (Phi) is 10.1. The van der Waals surface area contributed by atoms with Crippen molar-refractivity contribution in [1.29, 1.82) is 0 Å². The number of rotatable bonds is 10. The lowest BCUT2D eigenvalue weighted by Crippen LogP contribution is -2.19. The minimum absolute atomic E-state index is 0.199. The molecule has 0 saturated heterocycles. The molecule has 3 heteroatoms. The molecule has 0 bridgehead atoms. The molecule has 0 aromatic rings. The van der Waals surface area contributed by atoms with E-state index in [2.05, 4.69) is 12.2 Å². The quantitative estimate of drug-likeness (QED) is 0.528. The van der Waals surface area contributed by atoms with Gasteiger partial charge in [0.25, 0.3) is 0 Å². The lowest BCUT2D eigenvalue weighted by Gasteiger charge is -2.03. The molecule has 0 radical (unpaired) electrons. The van der Waals surface area contributed by atoms with Gasteiger partial charge in [0.05, 0.1) is 0 Å². The van der Waals surface area contributed by atoms with Crippen molar-refractivity contribution in [2.24, 2.45) is 5.73 Å². The van der Waals surface area contributed by atoms with Crippen LogP contribution in [0.2, 0.25) is 0 Å². The van der Waals surface area contributed by atoms with Crippen LogP contribution in [0.3, 0.4) is 0 Å². The summed E-state index contributed by atoms with van der Waals surface area (Å²) in [7, 11) is 0. The molecule has 0 aliphatic carbocycles. The summed E-state index contributed by atoms with van der Waals surface area (Å²) in [5.74, 6) is -0.199. The predicted molar refractivity (Wildman–Crippen MR) is 60.1 cm³/mol. The highest BCUT2D eigenvalue weighted by Gasteiger charge is 1.93. The van der Waals surface area contributed by atoms with Crippen LogP contribution in [0.1, 0.15) is 51.9 Å². The average molecular weight is 200 g/mol. The maximum absolute atomic E-state index is 10.4. The second-order valence-electron chi connectivity index (χ2n) is 3.73. The fourth-order valence-electron chi connectivity index (χ4n) is 1.37. The van der Waals surface area contributed by atoms with E-state index in [-0.39, 0.29) is 5.91 Å². The molecule has 0 aliphatic heterocycles. The minimum atomic E-state index is -0.199. The van der Waals surface area contributed by atoms with Crippen LogP contribution < -0.4 is 11.1 Å². The van der Waals surface area contributed by atoms with E-state index in [1.54, 1.807) is 0 Å². The van der Waals surface area contributed by atoms with Crippen molar-refractivity contribution in [1.82, 2.24) is 5.32 Å². The van der Waals surface area contributed by atoms with Crippen molar-refractivity contribution in [2.75, 3.05) is 13.1 Å². The SMILES string of the molecule is CCCCCCCNCCCC(N)=O. The minimum Gasteiger partial charge on any atom is -0.370 e. The van der Waals surface area contributed by atoms with Gasteiger partial charge < -0.3 is 11.1 Å². The van der Waals surface area contributed by atoms with E-state index in [1.165, 1.54) is 32.1 Å². The van der Waals surface area contributed by atoms with Crippen LogP contribution >= 0.6 is 0 Å². The highest BCUT2D eigenvalue weighted by Crippen LogP contribution is 2.00. The Morgan fingerprint density at radius 3 is 2.36 bits per heavy atom. The van der Waals surface area contributed by atoms with Gasteiger partial charge in [0, 0.05) is 6.42 Å². The van der Waals surface area contributed by atoms with Gasteiger partial charge in [-0.25, -0.2) is 0 Å². The number of primary amides is 1. The Bertz CT molecular complexity index is 137. The molecule has 0 aromatic heterocycles. The van der Waals surface area contributed by atoms with Crippen molar-refractivity contribution >= 4 is 5.91 Å². The number of carbonyl (C=O) groups excluding carboxylic acids is 1. The first-order valence-electron chi connectivity index (χ1n) is 5.76. The van der Waals surface area contributed by atoms with Crippen molar-refractivity contribution in [3.05, 3.63) is 0 Å². The van der Waals surface area contributed by atoms with Gasteiger partial charge in [-0.2, -0.15) is 0 Å². The van der Waals surface area contributed by atoms with Gasteiger partial charge in [0.1, 0.15) is 0 Å². The predicted octanol–water partition coefficient (Wildman–Crippen LogP) is 1.81. The third-order valence-electron chi connectivity index (χ3n) is 2.23. The summed E-state index contributed by atoms with van der Waals surface area (Å²) in [4.78, 5) is 10.4. The Hall–Kier alpha value is -0.570. The smallest absolute Gasteiger partial charge is 0.217 e. The van der Waals surface area contributed by atoms with E-state index >= 15 is 0 Å². The van der Waals surface area contributed by atoms with E-state index in [0.717, 1.165) is 19.5 Å². The van der Waals surface area contributed by atoms with Gasteiger partial charge in [0.15, 0.2) is 0 Å². The zero-order chi connectivity index (χ0) is 10.6. The molecule has 1 amide bonds. The number of nitrogens with one attached hydrogen (secondary N) is 1. The number of nitrogens with two attached hydrogens (primary N) is 1. The van der Waals surface area contributed by atoms with Crippen LogP contribution in [0.5, 0.6) is 0 Å². The third-order valence-corrected chi connectivity index (χ3v) is 2.23. The molecule has 0 atom stereocenters. The third kappa shape index (κ3) is 11.4. The summed E-state index contributed by atoms with van der Waals surface area (Å²) >= 11 is 0. The molecule has 3 N–H and O–H groups in total. The fraction of sp³-hybridized carbons (Fsp3) is 0.909. The first-order chi connectivity index (χ1) is 6.77. The van der Waals surface area contributed by atoms with Crippen molar-refractivity contribution in [3.8, 4) is 0 Å². The van der Waals surface area contributed by atoms with Crippen LogP contribution in [0.15, 0.2) is 0 Å². The molecule has 0 aromatic carbocycles. The van der Waals surface area contributed by atoms with E-state index < -0.39 is 0 Å². The number of amides is 1. The number of carbonyl (C=O) groups is 1. The summed E-state index contributed by atoms with van der Waals surface area (Å²) in [6.45, 7) is 4.21. The molecule has 0 heterocycles. The molecule has 3 nitrogen and oxygen atoms in total. The van der Waals surface area contributed by atoms with Gasteiger partial charge >= 0.3 is 0 Å². The first-order valence-corrected chi connectivity index (χ1v) is 5.76. The van der Waals surface area contributed by atoms with Gasteiger partial charge in [-0.15, -0.1) is 0 Å². The lowest BCUT2D eigenvalue weighted by molar-refractivity contribution is -0.118. The van der Waals surface area contributed by atoms with E-state index in [4.69, 9.17) is 5.73 Å². The number of unbranched alkanes of at least 4 members (excludes halogenated alkanes) is 4. The Morgan fingerprint density at radius 1 is 1.07 bits per heavy atom.